The molecule has 0 bridgehead atoms. The first-order valence-electron chi connectivity index (χ1n) is 4.55. The van der Waals surface area contributed by atoms with Crippen LogP contribution in [-0.2, 0) is 6.42 Å². The first kappa shape index (κ1) is 9.15. The number of hydrogen-bond donors (Lipinski definition) is 2. The van der Waals surface area contributed by atoms with Gasteiger partial charge in [-0.25, -0.2) is 4.39 Å². The van der Waals surface area contributed by atoms with Crippen LogP contribution in [0.25, 0.3) is 10.9 Å². The zero-order chi connectivity index (χ0) is 10.1. The zero-order valence-corrected chi connectivity index (χ0v) is 7.92. The molecule has 3 nitrogen and oxygen atoms in total. The van der Waals surface area contributed by atoms with Crippen LogP contribution in [0.2, 0.25) is 0 Å². The standard InChI is InChI=1S/C10H12FN3/c1-6(12)4-10-8-5-7(11)2-3-9(8)13-14-10/h2-3,5-6H,4,12H2,1H3,(H,13,14)/t6-/m0/s1. The summed E-state index contributed by atoms with van der Waals surface area (Å²) in [4.78, 5) is 0. The first-order chi connectivity index (χ1) is 6.66. The van der Waals surface area contributed by atoms with Crippen LogP contribution < -0.4 is 5.73 Å². The van der Waals surface area contributed by atoms with Crippen LogP contribution in [0.15, 0.2) is 18.2 Å². The Hall–Kier alpha value is -1.42. The zero-order valence-electron chi connectivity index (χ0n) is 7.92. The van der Waals surface area contributed by atoms with E-state index in [1.807, 2.05) is 6.92 Å². The number of nitrogens with two attached hydrogens (primary N) is 1. The summed E-state index contributed by atoms with van der Waals surface area (Å²) < 4.78 is 13.0. The van der Waals surface area contributed by atoms with Gasteiger partial charge >= 0.3 is 0 Å². The molecule has 1 heterocycles. The number of nitrogens with one attached hydrogen (secondary N) is 1. The van der Waals surface area contributed by atoms with Gasteiger partial charge < -0.3 is 5.73 Å². The van der Waals surface area contributed by atoms with Crippen LogP contribution in [0.4, 0.5) is 4.39 Å². The van der Waals surface area contributed by atoms with Crippen molar-refractivity contribution in [3.05, 3.63) is 29.7 Å². The van der Waals surface area contributed by atoms with E-state index in [-0.39, 0.29) is 11.9 Å². The van der Waals surface area contributed by atoms with Crippen LogP contribution in [0, 0.1) is 5.82 Å². The minimum absolute atomic E-state index is 0.0434. The Morgan fingerprint density at radius 3 is 3.07 bits per heavy atom. The SMILES string of the molecule is C[C@H](N)Cc1[nH]nc2ccc(F)cc12. The number of aromatic nitrogens is 2. The number of aromatic amines is 1. The summed E-state index contributed by atoms with van der Waals surface area (Å²) in [5, 5.41) is 7.76. The second-order valence-corrected chi connectivity index (χ2v) is 3.55. The number of rotatable bonds is 2. The lowest BCUT2D eigenvalue weighted by Crippen LogP contribution is -2.18. The molecule has 0 aliphatic carbocycles. The minimum atomic E-state index is -0.246. The van der Waals surface area contributed by atoms with Crippen molar-refractivity contribution in [2.24, 2.45) is 5.73 Å². The van der Waals surface area contributed by atoms with Crippen molar-refractivity contribution in [2.45, 2.75) is 19.4 Å². The molecule has 14 heavy (non-hydrogen) atoms. The molecule has 0 aliphatic heterocycles. The van der Waals surface area contributed by atoms with Crippen molar-refractivity contribution in [3.8, 4) is 0 Å². The summed E-state index contributed by atoms with van der Waals surface area (Å²) in [5.41, 5.74) is 7.35. The normalized spacial score (nSPS) is 13.4. The summed E-state index contributed by atoms with van der Waals surface area (Å²) in [6.45, 7) is 1.91. The Morgan fingerprint density at radius 2 is 2.36 bits per heavy atom. The average Bonchev–Trinajstić information content (AvgIpc) is 2.47. The van der Waals surface area contributed by atoms with E-state index in [1.54, 1.807) is 6.07 Å². The number of H-pyrrole nitrogens is 1. The Morgan fingerprint density at radius 1 is 1.57 bits per heavy atom. The Kier molecular flexibility index (Phi) is 2.21. The smallest absolute Gasteiger partial charge is 0.124 e. The number of halogens is 1. The maximum atomic E-state index is 13.0. The predicted octanol–water partition coefficient (Wildman–Crippen LogP) is 1.59. The molecule has 2 aromatic rings. The summed E-state index contributed by atoms with van der Waals surface area (Å²) in [7, 11) is 0. The Balaban J connectivity index is 2.50. The van der Waals surface area contributed by atoms with E-state index in [1.165, 1.54) is 12.1 Å². The van der Waals surface area contributed by atoms with Gasteiger partial charge in [0.15, 0.2) is 0 Å². The summed E-state index contributed by atoms with van der Waals surface area (Å²) in [6.07, 6.45) is 0.681. The summed E-state index contributed by atoms with van der Waals surface area (Å²) in [6, 6.07) is 4.59. The van der Waals surface area contributed by atoms with Crippen molar-refractivity contribution in [3.63, 3.8) is 0 Å². The predicted molar refractivity (Wildman–Crippen MR) is 53.4 cm³/mol. The van der Waals surface area contributed by atoms with E-state index >= 15 is 0 Å². The van der Waals surface area contributed by atoms with Crippen LogP contribution in [0.5, 0.6) is 0 Å². The lowest BCUT2D eigenvalue weighted by Gasteiger charge is -2.01. The number of nitrogens with zero attached hydrogens (tertiary/aromatic N) is 1. The van der Waals surface area contributed by atoms with Gasteiger partial charge in [-0.3, -0.25) is 5.10 Å². The third-order valence-corrected chi connectivity index (χ3v) is 2.12. The van der Waals surface area contributed by atoms with Crippen molar-refractivity contribution in [1.29, 1.82) is 0 Å². The molecule has 0 aliphatic rings. The summed E-state index contributed by atoms with van der Waals surface area (Å²) >= 11 is 0. The highest BCUT2D eigenvalue weighted by Crippen LogP contribution is 2.17. The molecule has 1 aromatic heterocycles. The molecule has 1 aromatic carbocycles. The van der Waals surface area contributed by atoms with Crippen LogP contribution in [0.1, 0.15) is 12.6 Å². The van der Waals surface area contributed by atoms with E-state index in [9.17, 15) is 4.39 Å². The minimum Gasteiger partial charge on any atom is -0.328 e. The average molecular weight is 193 g/mol. The van der Waals surface area contributed by atoms with Gasteiger partial charge in [0.1, 0.15) is 5.82 Å². The summed E-state index contributed by atoms with van der Waals surface area (Å²) in [5.74, 6) is -0.246. The van der Waals surface area contributed by atoms with Crippen molar-refractivity contribution < 1.29 is 4.39 Å². The van der Waals surface area contributed by atoms with Crippen LogP contribution >= 0.6 is 0 Å². The van der Waals surface area contributed by atoms with Gasteiger partial charge in [0.25, 0.3) is 0 Å². The highest BCUT2D eigenvalue weighted by atomic mass is 19.1. The van der Waals surface area contributed by atoms with Gasteiger partial charge in [-0.15, -0.1) is 0 Å². The van der Waals surface area contributed by atoms with Crippen molar-refractivity contribution >= 4 is 10.9 Å². The van der Waals surface area contributed by atoms with Crippen LogP contribution in [0.3, 0.4) is 0 Å². The number of fused-ring (bicyclic) bond motifs is 1. The lowest BCUT2D eigenvalue weighted by atomic mass is 10.1. The number of hydrogen-bond acceptors (Lipinski definition) is 2. The number of benzene rings is 1. The van der Waals surface area contributed by atoms with E-state index in [0.717, 1.165) is 16.6 Å². The molecule has 1 atom stereocenters. The molecule has 0 spiro atoms. The van der Waals surface area contributed by atoms with Crippen molar-refractivity contribution in [1.82, 2.24) is 10.2 Å². The van der Waals surface area contributed by atoms with E-state index < -0.39 is 0 Å². The van der Waals surface area contributed by atoms with Gasteiger partial charge in [0.05, 0.1) is 5.52 Å². The van der Waals surface area contributed by atoms with Gasteiger partial charge in [0, 0.05) is 23.5 Å². The van der Waals surface area contributed by atoms with E-state index in [0.29, 0.717) is 6.42 Å². The molecular formula is C10H12FN3. The van der Waals surface area contributed by atoms with Gasteiger partial charge in [-0.1, -0.05) is 0 Å². The molecule has 3 N–H and O–H groups in total. The monoisotopic (exact) mass is 193 g/mol. The third kappa shape index (κ3) is 1.61. The molecule has 4 heteroatoms. The fraction of sp³-hybridized carbons (Fsp3) is 0.300. The Bertz CT molecular complexity index is 448. The molecular weight excluding hydrogens is 181 g/mol. The van der Waals surface area contributed by atoms with E-state index in [4.69, 9.17) is 5.73 Å². The van der Waals surface area contributed by atoms with Gasteiger partial charge in [-0.2, -0.15) is 5.10 Å². The molecule has 2 rings (SSSR count). The fourth-order valence-electron chi connectivity index (χ4n) is 1.51. The first-order valence-corrected chi connectivity index (χ1v) is 4.55. The molecule has 0 fully saturated rings. The molecule has 0 saturated carbocycles. The highest BCUT2D eigenvalue weighted by Gasteiger charge is 2.07. The molecule has 0 radical (unpaired) electrons. The molecule has 0 saturated heterocycles. The van der Waals surface area contributed by atoms with Crippen molar-refractivity contribution in [2.75, 3.05) is 0 Å². The quantitative estimate of drug-likeness (QED) is 0.761. The Labute approximate surface area is 81.1 Å². The van der Waals surface area contributed by atoms with Gasteiger partial charge in [-0.05, 0) is 25.1 Å². The lowest BCUT2D eigenvalue weighted by molar-refractivity contribution is 0.629. The maximum Gasteiger partial charge on any atom is 0.124 e. The highest BCUT2D eigenvalue weighted by molar-refractivity contribution is 5.81. The molecule has 0 amide bonds. The van der Waals surface area contributed by atoms with Gasteiger partial charge in [0.2, 0.25) is 0 Å². The fourth-order valence-corrected chi connectivity index (χ4v) is 1.51. The van der Waals surface area contributed by atoms with Crippen LogP contribution in [-0.4, -0.2) is 16.2 Å². The second kappa shape index (κ2) is 3.38. The third-order valence-electron chi connectivity index (χ3n) is 2.12. The largest absolute Gasteiger partial charge is 0.328 e. The topological polar surface area (TPSA) is 54.7 Å². The maximum absolute atomic E-state index is 13.0. The second-order valence-electron chi connectivity index (χ2n) is 3.55. The molecule has 0 unspecified atom stereocenters. The van der Waals surface area contributed by atoms with E-state index in [2.05, 4.69) is 10.2 Å². The molecule has 74 valence electrons.